The molecule has 2 heterocycles. The zero-order valence-electron chi connectivity index (χ0n) is 23.0. The molecule has 43 heavy (non-hydrogen) atoms. The highest BCUT2D eigenvalue weighted by molar-refractivity contribution is 6.16. The monoisotopic (exact) mass is 555 g/mol. The van der Waals surface area contributed by atoms with E-state index in [4.69, 9.17) is 20.0 Å². The molecular weight excluding hydrogens is 530 g/mol. The van der Waals surface area contributed by atoms with Gasteiger partial charge in [-0.2, -0.15) is 0 Å². The molecule has 5 heteroatoms. The number of hydrogen-bond donors (Lipinski definition) is 2. The minimum atomic E-state index is 0.111. The summed E-state index contributed by atoms with van der Waals surface area (Å²) in [7, 11) is 0. The molecule has 0 radical (unpaired) electrons. The second-order valence-corrected chi connectivity index (χ2v) is 10.6. The molecule has 0 aliphatic rings. The lowest BCUT2D eigenvalue weighted by molar-refractivity contribution is 0.665. The second kappa shape index (κ2) is 9.86. The van der Waals surface area contributed by atoms with Gasteiger partial charge in [0.1, 0.15) is 28.2 Å². The van der Waals surface area contributed by atoms with Crippen molar-refractivity contribution in [2.45, 2.75) is 0 Å². The highest BCUT2D eigenvalue weighted by Crippen LogP contribution is 2.41. The van der Waals surface area contributed by atoms with Crippen LogP contribution in [-0.2, 0) is 0 Å². The van der Waals surface area contributed by atoms with Gasteiger partial charge in [-0.25, -0.2) is 4.99 Å². The predicted octanol–water partition coefficient (Wildman–Crippen LogP) is 9.55. The van der Waals surface area contributed by atoms with Gasteiger partial charge in [-0.15, -0.1) is 0 Å². The van der Waals surface area contributed by atoms with E-state index in [9.17, 15) is 0 Å². The second-order valence-electron chi connectivity index (χ2n) is 10.6. The van der Waals surface area contributed by atoms with Crippen LogP contribution < -0.4 is 5.73 Å². The van der Waals surface area contributed by atoms with Crippen LogP contribution in [0.25, 0.3) is 66.1 Å². The van der Waals surface area contributed by atoms with Gasteiger partial charge in [-0.05, 0) is 35.4 Å². The molecule has 3 N–H and O–H groups in total. The van der Waals surface area contributed by atoms with E-state index in [0.717, 1.165) is 55.0 Å². The van der Waals surface area contributed by atoms with Gasteiger partial charge in [-0.1, -0.05) is 109 Å². The summed E-state index contributed by atoms with van der Waals surface area (Å²) in [6, 6.07) is 44.3. The number of nitrogens with two attached hydrogens (primary N) is 1. The summed E-state index contributed by atoms with van der Waals surface area (Å²) in [6.45, 7) is 0. The van der Waals surface area contributed by atoms with Gasteiger partial charge >= 0.3 is 0 Å². The van der Waals surface area contributed by atoms with Crippen molar-refractivity contribution >= 4 is 55.5 Å². The van der Waals surface area contributed by atoms with Crippen molar-refractivity contribution in [3.8, 4) is 22.3 Å². The summed E-state index contributed by atoms with van der Waals surface area (Å²) in [5.74, 6) is 0.373. The maximum absolute atomic E-state index is 8.35. The Labute approximate surface area is 247 Å². The highest BCUT2D eigenvalue weighted by Gasteiger charge is 2.18. The molecule has 0 saturated heterocycles. The van der Waals surface area contributed by atoms with Crippen molar-refractivity contribution < 1.29 is 8.83 Å². The van der Waals surface area contributed by atoms with Crippen molar-refractivity contribution in [2.24, 2.45) is 10.7 Å². The van der Waals surface area contributed by atoms with Crippen LogP contribution in [0.1, 0.15) is 11.1 Å². The van der Waals surface area contributed by atoms with Crippen LogP contribution in [-0.4, -0.2) is 11.7 Å². The largest absolute Gasteiger partial charge is 0.455 e. The van der Waals surface area contributed by atoms with Gasteiger partial charge in [0, 0.05) is 43.8 Å². The molecule has 204 valence electrons. The molecule has 0 bridgehead atoms. The van der Waals surface area contributed by atoms with Gasteiger partial charge < -0.3 is 14.6 Å². The van der Waals surface area contributed by atoms with Crippen LogP contribution in [0.2, 0.25) is 0 Å². The first kappa shape index (κ1) is 24.8. The average molecular weight is 556 g/mol. The van der Waals surface area contributed by atoms with E-state index in [1.54, 1.807) is 0 Å². The lowest BCUT2D eigenvalue weighted by Gasteiger charge is -2.04. The fraction of sp³-hybridized carbons (Fsp3) is 0. The molecule has 8 rings (SSSR count). The molecule has 0 aliphatic heterocycles. The fourth-order valence-electron chi connectivity index (χ4n) is 5.84. The van der Waals surface area contributed by atoms with Crippen LogP contribution in [0.4, 0.5) is 0 Å². The van der Waals surface area contributed by atoms with E-state index >= 15 is 0 Å². The third kappa shape index (κ3) is 4.18. The summed E-state index contributed by atoms with van der Waals surface area (Å²) in [4.78, 5) is 4.35. The van der Waals surface area contributed by atoms with E-state index in [1.165, 1.54) is 5.56 Å². The Morgan fingerprint density at radius 1 is 0.512 bits per heavy atom. The van der Waals surface area contributed by atoms with E-state index in [0.29, 0.717) is 16.7 Å². The van der Waals surface area contributed by atoms with E-state index in [1.807, 2.05) is 66.7 Å². The van der Waals surface area contributed by atoms with Crippen molar-refractivity contribution in [2.75, 3.05) is 0 Å². The number of rotatable bonds is 4. The number of benzene rings is 6. The van der Waals surface area contributed by atoms with E-state index in [2.05, 4.69) is 71.7 Å². The van der Waals surface area contributed by atoms with Crippen molar-refractivity contribution in [1.29, 1.82) is 5.41 Å². The molecule has 0 amide bonds. The van der Waals surface area contributed by atoms with Crippen LogP contribution in [0.3, 0.4) is 0 Å². The van der Waals surface area contributed by atoms with Crippen LogP contribution in [0.15, 0.2) is 147 Å². The standard InChI is InChI=1S/C38H25N3O2/c39-37(24-11-5-2-6-12-24)41-38(40)26-17-19-27-28-13-7-14-29(35(28)43-34(27)22-26)30-15-8-16-31-32-21-25(23-9-3-1-4-10-23)18-20-33(32)42-36(30)31/h1-22H,(H3,39,40,41). The summed E-state index contributed by atoms with van der Waals surface area (Å²) >= 11 is 0. The molecule has 2 aromatic heterocycles. The minimum absolute atomic E-state index is 0.111. The molecule has 0 atom stereocenters. The van der Waals surface area contributed by atoms with Gasteiger partial charge in [0.25, 0.3) is 0 Å². The molecule has 0 unspecified atom stereocenters. The smallest absolute Gasteiger partial charge is 0.154 e. The third-order valence-corrected chi connectivity index (χ3v) is 7.97. The number of fused-ring (bicyclic) bond motifs is 6. The number of nitrogens with zero attached hydrogens (tertiary/aromatic N) is 1. The summed E-state index contributed by atoms with van der Waals surface area (Å²) in [6.07, 6.45) is 0. The van der Waals surface area contributed by atoms with Crippen molar-refractivity contribution in [3.05, 3.63) is 145 Å². The molecule has 6 aromatic carbocycles. The number of amidine groups is 2. The minimum Gasteiger partial charge on any atom is -0.455 e. The first-order valence-corrected chi connectivity index (χ1v) is 14.1. The predicted molar refractivity (Wildman–Crippen MR) is 176 cm³/mol. The van der Waals surface area contributed by atoms with Crippen molar-refractivity contribution in [3.63, 3.8) is 0 Å². The maximum atomic E-state index is 8.35. The molecule has 0 aliphatic carbocycles. The van der Waals surface area contributed by atoms with E-state index < -0.39 is 0 Å². The number of aliphatic imine (C=N–C) groups is 1. The summed E-state index contributed by atoms with van der Waals surface area (Å²) in [5.41, 5.74) is 15.1. The summed E-state index contributed by atoms with van der Waals surface area (Å²) in [5, 5.41) is 12.5. The Balaban J connectivity index is 1.24. The van der Waals surface area contributed by atoms with Gasteiger partial charge in [0.15, 0.2) is 5.84 Å². The van der Waals surface area contributed by atoms with Crippen LogP contribution in [0, 0.1) is 5.41 Å². The van der Waals surface area contributed by atoms with Crippen molar-refractivity contribution in [1.82, 2.24) is 0 Å². The molecule has 0 fully saturated rings. The quantitative estimate of drug-likeness (QED) is 0.167. The number of nitrogens with one attached hydrogen (secondary N) is 1. The Bertz CT molecular complexity index is 2360. The summed E-state index contributed by atoms with van der Waals surface area (Å²) < 4.78 is 13.0. The molecule has 5 nitrogen and oxygen atoms in total. The number of furan rings is 2. The Hall–Kier alpha value is -5.94. The van der Waals surface area contributed by atoms with Crippen LogP contribution >= 0.6 is 0 Å². The van der Waals surface area contributed by atoms with E-state index in [-0.39, 0.29) is 11.7 Å². The molecule has 8 aromatic rings. The number of hydrogen-bond acceptors (Lipinski definition) is 3. The van der Waals surface area contributed by atoms with Gasteiger partial charge in [0.05, 0.1) is 0 Å². The SMILES string of the molecule is N=C(/N=C(\N)c1ccc2c(c1)oc1c(-c3cccc4c3oc3ccc(-c5ccccc5)cc34)cccc12)c1ccccc1. The Kier molecular flexibility index (Phi) is 5.69. The van der Waals surface area contributed by atoms with Crippen LogP contribution in [0.5, 0.6) is 0 Å². The zero-order chi connectivity index (χ0) is 28.9. The lowest BCUT2D eigenvalue weighted by Crippen LogP contribution is -2.15. The molecule has 0 saturated carbocycles. The molecular formula is C38H25N3O2. The molecule has 0 spiro atoms. The first-order valence-electron chi connectivity index (χ1n) is 14.1. The lowest BCUT2D eigenvalue weighted by atomic mass is 9.99. The first-order chi connectivity index (χ1) is 21.1. The van der Waals surface area contributed by atoms with Gasteiger partial charge in [-0.3, -0.25) is 5.41 Å². The average Bonchev–Trinajstić information content (AvgIpc) is 3.63. The third-order valence-electron chi connectivity index (χ3n) is 7.97. The highest BCUT2D eigenvalue weighted by atomic mass is 16.3. The Morgan fingerprint density at radius 3 is 1.88 bits per heavy atom. The fourth-order valence-corrected chi connectivity index (χ4v) is 5.84. The Morgan fingerprint density at radius 2 is 1.16 bits per heavy atom. The number of para-hydroxylation sites is 2. The maximum Gasteiger partial charge on any atom is 0.154 e. The van der Waals surface area contributed by atoms with Gasteiger partial charge in [0.2, 0.25) is 0 Å². The normalized spacial score (nSPS) is 12.0. The topological polar surface area (TPSA) is 88.5 Å². The zero-order valence-corrected chi connectivity index (χ0v) is 23.0.